The average molecular weight is 522 g/mol. The van der Waals surface area contributed by atoms with Crippen molar-refractivity contribution in [2.75, 3.05) is 31.2 Å². The highest BCUT2D eigenvalue weighted by molar-refractivity contribution is 7.99. The molecule has 9 nitrogen and oxygen atoms in total. The number of fused-ring (bicyclic) bond motifs is 1. The van der Waals surface area contributed by atoms with E-state index < -0.39 is 22.7 Å². The fourth-order valence-corrected chi connectivity index (χ4v) is 6.89. The molecule has 192 valence electrons. The molecule has 0 radical (unpaired) electrons. The number of carbonyl (C=O) groups excluding carboxylic acids is 1. The first kappa shape index (κ1) is 27.3. The van der Waals surface area contributed by atoms with Crippen LogP contribution in [-0.2, 0) is 14.8 Å². The first-order chi connectivity index (χ1) is 17.0. The van der Waals surface area contributed by atoms with E-state index in [1.807, 2.05) is 30.0 Å². The van der Waals surface area contributed by atoms with Gasteiger partial charge < -0.3 is 21.2 Å². The second kappa shape index (κ2) is 13.7. The Morgan fingerprint density at radius 3 is 2.83 bits per heavy atom. The summed E-state index contributed by atoms with van der Waals surface area (Å²) in [5.74, 6) is 6.47. The number of rotatable bonds is 14. The standard InChI is InChI=1S/C24H35N5O4S2/c25-27-18-26-13-4-1-5-15-34-17-20-10-7-14-29(20)24(31)22(16-30)28-35(32,33)23-12-6-9-19-8-2-3-11-21(19)23/h2-3,6,8-9,11-12,18,20,22,28,30H,1,4-5,7,10,13-17,25H2,(H,26,27). The number of carbonyl (C=O) groups is 1. The van der Waals surface area contributed by atoms with Crippen molar-refractivity contribution in [1.29, 1.82) is 0 Å². The molecule has 1 heterocycles. The van der Waals surface area contributed by atoms with Gasteiger partial charge in [-0.1, -0.05) is 42.8 Å². The van der Waals surface area contributed by atoms with E-state index in [1.165, 1.54) is 12.4 Å². The summed E-state index contributed by atoms with van der Waals surface area (Å²) >= 11 is 1.81. The van der Waals surface area contributed by atoms with Gasteiger partial charge in [-0.15, -0.1) is 0 Å². The van der Waals surface area contributed by atoms with Gasteiger partial charge in [0.1, 0.15) is 12.4 Å². The number of benzene rings is 2. The topological polar surface area (TPSA) is 137 Å². The Labute approximate surface area is 211 Å². The third-order valence-corrected chi connectivity index (χ3v) is 8.79. The number of nitrogens with zero attached hydrogens (tertiary/aromatic N) is 2. The highest BCUT2D eigenvalue weighted by atomic mass is 32.2. The van der Waals surface area contributed by atoms with E-state index in [-0.39, 0.29) is 16.8 Å². The Balaban J connectivity index is 1.54. The minimum Gasteiger partial charge on any atom is -0.394 e. The van der Waals surface area contributed by atoms with Gasteiger partial charge in [-0.2, -0.15) is 21.6 Å². The quantitative estimate of drug-likeness (QED) is 0.0979. The summed E-state index contributed by atoms with van der Waals surface area (Å²) < 4.78 is 28.8. The van der Waals surface area contributed by atoms with Gasteiger partial charge in [-0.05, 0) is 42.9 Å². The van der Waals surface area contributed by atoms with Crippen LogP contribution in [-0.4, -0.2) is 74.0 Å². The van der Waals surface area contributed by atoms with Gasteiger partial charge >= 0.3 is 0 Å². The van der Waals surface area contributed by atoms with Crippen molar-refractivity contribution in [3.05, 3.63) is 42.5 Å². The van der Waals surface area contributed by atoms with Crippen LogP contribution in [0.5, 0.6) is 0 Å². The van der Waals surface area contributed by atoms with E-state index in [4.69, 9.17) is 5.84 Å². The van der Waals surface area contributed by atoms with Crippen LogP contribution in [0.25, 0.3) is 10.8 Å². The first-order valence-corrected chi connectivity index (χ1v) is 14.6. The van der Waals surface area contributed by atoms with Crippen LogP contribution >= 0.6 is 11.8 Å². The number of aliphatic hydroxyl groups excluding tert-OH is 1. The van der Waals surface area contributed by atoms with E-state index in [2.05, 4.69) is 15.1 Å². The van der Waals surface area contributed by atoms with E-state index in [9.17, 15) is 18.3 Å². The maximum Gasteiger partial charge on any atom is 0.243 e. The van der Waals surface area contributed by atoms with Crippen molar-refractivity contribution < 1.29 is 18.3 Å². The van der Waals surface area contributed by atoms with Gasteiger partial charge in [0, 0.05) is 30.3 Å². The summed E-state index contributed by atoms with van der Waals surface area (Å²) in [5, 5.41) is 17.7. The van der Waals surface area contributed by atoms with Gasteiger partial charge in [0.2, 0.25) is 15.9 Å². The highest BCUT2D eigenvalue weighted by Gasteiger charge is 2.35. The average Bonchev–Trinajstić information content (AvgIpc) is 3.34. The molecule has 0 saturated carbocycles. The Hall–Kier alpha value is -2.34. The SMILES string of the molecule is NN=CNCCCCCSCC1CCCN1C(=O)C(CO)NS(=O)(=O)c1cccc2ccccc12. The lowest BCUT2D eigenvalue weighted by molar-refractivity contribution is -0.134. The zero-order chi connectivity index (χ0) is 25.1. The van der Waals surface area contributed by atoms with Crippen molar-refractivity contribution in [3.8, 4) is 0 Å². The van der Waals surface area contributed by atoms with Crippen molar-refractivity contribution in [1.82, 2.24) is 14.9 Å². The molecule has 1 amide bonds. The molecule has 2 unspecified atom stereocenters. The van der Waals surface area contributed by atoms with Crippen LogP contribution in [0.2, 0.25) is 0 Å². The minimum absolute atomic E-state index is 0.0473. The molecule has 2 atom stereocenters. The van der Waals surface area contributed by atoms with Crippen molar-refractivity contribution in [2.24, 2.45) is 10.9 Å². The van der Waals surface area contributed by atoms with Crippen LogP contribution in [0.3, 0.4) is 0 Å². The molecule has 0 aromatic heterocycles. The molecular weight excluding hydrogens is 486 g/mol. The molecule has 11 heteroatoms. The maximum absolute atomic E-state index is 13.2. The summed E-state index contributed by atoms with van der Waals surface area (Å²) in [6, 6.07) is 11.0. The van der Waals surface area contributed by atoms with Crippen molar-refractivity contribution >= 4 is 44.8 Å². The number of hydrogen-bond acceptors (Lipinski definition) is 7. The number of hydrogen-bond donors (Lipinski definition) is 4. The molecule has 1 fully saturated rings. The zero-order valence-corrected chi connectivity index (χ0v) is 21.4. The number of aliphatic hydroxyl groups is 1. The minimum atomic E-state index is -4.01. The van der Waals surface area contributed by atoms with Crippen LogP contribution in [0, 0.1) is 0 Å². The molecule has 3 rings (SSSR count). The third kappa shape index (κ3) is 7.57. The molecule has 1 aliphatic rings. The van der Waals surface area contributed by atoms with Crippen molar-refractivity contribution in [2.45, 2.75) is 49.1 Å². The first-order valence-electron chi connectivity index (χ1n) is 11.9. The van der Waals surface area contributed by atoms with E-state index in [0.29, 0.717) is 11.9 Å². The molecule has 1 aliphatic heterocycles. The fraction of sp³-hybridized carbons (Fsp3) is 0.500. The Morgan fingerprint density at radius 1 is 1.23 bits per heavy atom. The summed E-state index contributed by atoms with van der Waals surface area (Å²) in [6.07, 6.45) is 6.46. The van der Waals surface area contributed by atoms with E-state index >= 15 is 0 Å². The number of hydrazone groups is 1. The predicted molar refractivity (Wildman–Crippen MR) is 142 cm³/mol. The molecule has 1 saturated heterocycles. The third-order valence-electron chi connectivity index (χ3n) is 6.06. The zero-order valence-electron chi connectivity index (χ0n) is 19.8. The number of nitrogens with two attached hydrogens (primary N) is 1. The van der Waals surface area contributed by atoms with E-state index in [0.717, 1.165) is 55.5 Å². The number of likely N-dealkylation sites (tertiary alicyclic amines) is 1. The van der Waals surface area contributed by atoms with Crippen molar-refractivity contribution in [3.63, 3.8) is 0 Å². The van der Waals surface area contributed by atoms with Gasteiger partial charge in [-0.25, -0.2) is 8.42 Å². The van der Waals surface area contributed by atoms with Gasteiger partial charge in [-0.3, -0.25) is 4.79 Å². The molecule has 0 aliphatic carbocycles. The van der Waals surface area contributed by atoms with Gasteiger partial charge in [0.25, 0.3) is 0 Å². The summed E-state index contributed by atoms with van der Waals surface area (Å²) in [7, 11) is -4.01. The predicted octanol–water partition coefficient (Wildman–Crippen LogP) is 1.87. The van der Waals surface area contributed by atoms with Gasteiger partial charge in [0.15, 0.2) is 0 Å². The Kier molecular flexibility index (Phi) is 10.6. The molecule has 2 aromatic rings. The largest absolute Gasteiger partial charge is 0.394 e. The van der Waals surface area contributed by atoms with Crippen LogP contribution in [0.1, 0.15) is 32.1 Å². The number of nitrogens with one attached hydrogen (secondary N) is 2. The highest BCUT2D eigenvalue weighted by Crippen LogP contribution is 2.25. The molecule has 35 heavy (non-hydrogen) atoms. The fourth-order valence-electron chi connectivity index (χ4n) is 4.29. The second-order valence-corrected chi connectivity index (χ2v) is 11.4. The lowest BCUT2D eigenvalue weighted by Crippen LogP contribution is -2.52. The molecule has 0 bridgehead atoms. The van der Waals surface area contributed by atoms with E-state index in [1.54, 1.807) is 23.1 Å². The Morgan fingerprint density at radius 2 is 2.03 bits per heavy atom. The smallest absolute Gasteiger partial charge is 0.243 e. The number of unbranched alkanes of at least 4 members (excludes halogenated alkanes) is 2. The Bertz CT molecular complexity index is 1090. The molecule has 0 spiro atoms. The molecular formula is C24H35N5O4S2. The molecule has 5 N–H and O–H groups in total. The van der Waals surface area contributed by atoms with Crippen LogP contribution in [0.15, 0.2) is 52.5 Å². The van der Waals surface area contributed by atoms with Crippen LogP contribution < -0.4 is 15.9 Å². The number of thioether (sulfide) groups is 1. The second-order valence-electron chi connectivity index (χ2n) is 8.53. The maximum atomic E-state index is 13.2. The molecule has 2 aromatic carbocycles. The number of sulfonamides is 1. The monoisotopic (exact) mass is 521 g/mol. The number of amides is 1. The normalized spacial score (nSPS) is 17.3. The lowest BCUT2D eigenvalue weighted by Gasteiger charge is -2.28. The van der Waals surface area contributed by atoms with Gasteiger partial charge in [0.05, 0.1) is 11.5 Å². The lowest BCUT2D eigenvalue weighted by atomic mass is 10.1. The summed E-state index contributed by atoms with van der Waals surface area (Å²) in [5.41, 5.74) is 0. The summed E-state index contributed by atoms with van der Waals surface area (Å²) in [6.45, 7) is 0.820. The summed E-state index contributed by atoms with van der Waals surface area (Å²) in [4.78, 5) is 15.1. The van der Waals surface area contributed by atoms with Crippen LogP contribution in [0.4, 0.5) is 0 Å².